The normalized spacial score (nSPS) is 12.9. The molecule has 0 amide bonds. The topological polar surface area (TPSA) is 122 Å². The molecule has 6 aromatic heterocycles. The highest BCUT2D eigenvalue weighted by Gasteiger charge is 2.52. The minimum atomic E-state index is -0.480. The Morgan fingerprint density at radius 1 is 0.250 bits per heavy atom. The van der Waals surface area contributed by atoms with E-state index in [0.29, 0.717) is 34.9 Å². The predicted molar refractivity (Wildman–Crippen MR) is 483 cm³/mol. The average Bonchev–Trinajstić information content (AvgIpc) is 1.53. The zero-order valence-corrected chi connectivity index (χ0v) is 66.2. The molecule has 20 aromatic rings. The molecule has 0 N–H and O–H groups in total. The molecular formula is C102H72BClN8O2S2. The molecule has 0 bridgehead atoms. The molecule has 0 radical (unpaired) electrons. The molecule has 0 spiro atoms. The molecule has 0 atom stereocenters. The largest absolute Gasteiger partial charge is 0.494 e. The number of nitrogens with zero attached hydrogens (tertiary/aromatic N) is 8. The molecule has 1 saturated heterocycles. The number of pyridine rings is 2. The first-order valence-electron chi connectivity index (χ1n) is 38.6. The molecule has 14 heteroatoms. The van der Waals surface area contributed by atoms with Crippen molar-refractivity contribution >= 4 is 109 Å². The summed E-state index contributed by atoms with van der Waals surface area (Å²) in [4.78, 5) is 40.2. The van der Waals surface area contributed by atoms with Crippen molar-refractivity contribution in [2.45, 2.75) is 38.9 Å². The van der Waals surface area contributed by atoms with Crippen LogP contribution >= 0.6 is 34.3 Å². The third kappa shape index (κ3) is 14.6. The monoisotopic (exact) mass is 1550 g/mol. The summed E-state index contributed by atoms with van der Waals surface area (Å²) >= 11 is 10.0. The molecule has 116 heavy (non-hydrogen) atoms. The van der Waals surface area contributed by atoms with E-state index in [2.05, 4.69) is 313 Å². The number of benzene rings is 14. The van der Waals surface area contributed by atoms with Gasteiger partial charge in [0, 0.05) is 69.9 Å². The molecule has 0 unspecified atom stereocenters. The summed E-state index contributed by atoms with van der Waals surface area (Å²) in [7, 11) is -0.480. The lowest BCUT2D eigenvalue weighted by molar-refractivity contribution is 0.00578. The second-order valence-electron chi connectivity index (χ2n) is 29.7. The zero-order chi connectivity index (χ0) is 78.3. The van der Waals surface area contributed by atoms with Crippen LogP contribution in [0.15, 0.2) is 364 Å². The summed E-state index contributed by atoms with van der Waals surface area (Å²) in [5.41, 5.74) is 21.0. The quantitative estimate of drug-likeness (QED) is 0.109. The van der Waals surface area contributed by atoms with Crippen LogP contribution in [-0.4, -0.2) is 58.2 Å². The molecule has 1 aliphatic heterocycles. The number of aromatic nitrogens is 8. The Morgan fingerprint density at radius 2 is 0.534 bits per heavy atom. The summed E-state index contributed by atoms with van der Waals surface area (Å²) in [6.45, 7) is 8.25. The van der Waals surface area contributed by atoms with Gasteiger partial charge in [0.15, 0.2) is 34.9 Å². The fraction of sp³-hybridized carbons (Fsp3) is 0.0588. The lowest BCUT2D eigenvalue weighted by Crippen LogP contribution is -2.41. The van der Waals surface area contributed by atoms with Crippen molar-refractivity contribution in [3.8, 4) is 124 Å². The third-order valence-corrected chi connectivity index (χ3v) is 24.6. The lowest BCUT2D eigenvalue weighted by Gasteiger charge is -2.32. The van der Waals surface area contributed by atoms with E-state index < -0.39 is 18.3 Å². The zero-order valence-electron chi connectivity index (χ0n) is 63.8. The molecule has 7 heterocycles. The summed E-state index contributed by atoms with van der Waals surface area (Å²) in [5, 5.41) is 5.33. The maximum Gasteiger partial charge on any atom is 0.494 e. The van der Waals surface area contributed by atoms with Gasteiger partial charge in [-0.2, -0.15) is 0 Å². The van der Waals surface area contributed by atoms with E-state index in [1.807, 2.05) is 78.9 Å². The first-order chi connectivity index (χ1) is 56.8. The standard InChI is InChI=1S/C48H30N4S.C39H34BN3O2.C15H8ClNS/c1-3-12-31(13-4-1)33-22-26-35(27-23-33)46-50-47(36-28-24-34(25-29-36)32-14-5-2-6-15-32)52-48(51-46)38-17-11-16-37(30-38)43-39-18-7-9-20-41(39)49-44-40-19-8-10-21-42(40)53-45(43)44;1-38(2)39(3,4)45-40(44-38)34-17-11-16-33(26-34)37-42-35(31-22-18-29(19-23-31)27-12-7-5-8-13-27)41-36(43-37)32-24-20-30(21-25-32)28-14-9-6-10-15-28;16-13-9-5-1-3-7-11(9)17-14-10-6-2-4-8-12(10)18-15(13)14/h1-30H;5-26H,1-4H3;1-8H. The molecule has 554 valence electrons. The second-order valence-corrected chi connectivity index (χ2v) is 32.2. The number of hydrogen-bond acceptors (Lipinski definition) is 12. The minimum absolute atomic E-state index is 0.432. The van der Waals surface area contributed by atoms with Crippen molar-refractivity contribution in [2.75, 3.05) is 0 Å². The van der Waals surface area contributed by atoms with Gasteiger partial charge in [-0.15, -0.1) is 22.7 Å². The van der Waals surface area contributed by atoms with E-state index in [9.17, 15) is 0 Å². The first-order valence-corrected chi connectivity index (χ1v) is 40.6. The van der Waals surface area contributed by atoms with Gasteiger partial charge in [0.25, 0.3) is 0 Å². The molecule has 0 saturated carbocycles. The highest BCUT2D eigenvalue weighted by Crippen LogP contribution is 2.45. The van der Waals surface area contributed by atoms with E-state index in [0.717, 1.165) is 109 Å². The molecule has 1 aliphatic rings. The Bertz CT molecular complexity index is 6800. The van der Waals surface area contributed by atoms with E-state index in [1.54, 1.807) is 22.7 Å². The van der Waals surface area contributed by atoms with Crippen LogP contribution in [0.1, 0.15) is 27.7 Å². The maximum atomic E-state index is 6.52. The molecule has 21 rings (SSSR count). The van der Waals surface area contributed by atoms with Crippen LogP contribution in [0.2, 0.25) is 5.02 Å². The average molecular weight is 1550 g/mol. The van der Waals surface area contributed by atoms with Gasteiger partial charge in [-0.25, -0.2) is 39.9 Å². The van der Waals surface area contributed by atoms with Gasteiger partial charge in [0.1, 0.15) is 0 Å². The Kier molecular flexibility index (Phi) is 19.6. The summed E-state index contributed by atoms with van der Waals surface area (Å²) in [5.74, 6) is 3.70. The number of para-hydroxylation sites is 2. The van der Waals surface area contributed by atoms with Gasteiger partial charge in [-0.1, -0.05) is 345 Å². The van der Waals surface area contributed by atoms with Crippen LogP contribution < -0.4 is 5.46 Å². The van der Waals surface area contributed by atoms with Gasteiger partial charge < -0.3 is 9.31 Å². The van der Waals surface area contributed by atoms with E-state index in [4.69, 9.17) is 60.8 Å². The van der Waals surface area contributed by atoms with Gasteiger partial charge in [-0.05, 0) is 114 Å². The Hall–Kier alpha value is -13.4. The molecule has 1 fully saturated rings. The molecule has 10 nitrogen and oxygen atoms in total. The van der Waals surface area contributed by atoms with E-state index >= 15 is 0 Å². The van der Waals surface area contributed by atoms with Crippen molar-refractivity contribution < 1.29 is 9.31 Å². The van der Waals surface area contributed by atoms with Crippen LogP contribution in [-0.2, 0) is 9.31 Å². The van der Waals surface area contributed by atoms with Crippen molar-refractivity contribution in [3.05, 3.63) is 369 Å². The van der Waals surface area contributed by atoms with Crippen molar-refractivity contribution in [2.24, 2.45) is 0 Å². The highest BCUT2D eigenvalue weighted by molar-refractivity contribution is 7.26. The molecule has 14 aromatic carbocycles. The van der Waals surface area contributed by atoms with Crippen LogP contribution in [0.5, 0.6) is 0 Å². The van der Waals surface area contributed by atoms with Gasteiger partial charge in [0.05, 0.1) is 47.7 Å². The smallest absolute Gasteiger partial charge is 0.399 e. The first kappa shape index (κ1) is 72.9. The summed E-state index contributed by atoms with van der Waals surface area (Å²) < 4.78 is 17.4. The summed E-state index contributed by atoms with van der Waals surface area (Å²) in [6, 6.07) is 125. The van der Waals surface area contributed by atoms with Gasteiger partial charge in [0.2, 0.25) is 0 Å². The van der Waals surface area contributed by atoms with Crippen LogP contribution in [0, 0.1) is 0 Å². The van der Waals surface area contributed by atoms with Crippen molar-refractivity contribution in [1.82, 2.24) is 39.9 Å². The summed E-state index contributed by atoms with van der Waals surface area (Å²) in [6.07, 6.45) is 0. The number of rotatable bonds is 12. The SMILES string of the molecule is CC1(C)OB(c2cccc(-c3nc(-c4ccc(-c5ccccc5)cc4)nc(-c4ccc(-c5ccccc5)cc4)n3)c2)OC1(C)C.Clc1c2ccccc2nc2c1sc1ccccc12.c1ccc(-c2ccc(-c3nc(-c4ccc(-c5ccccc5)cc4)nc(-c4cccc(-c5c6ccccc6nc6c5sc5ccccc56)c4)n3)cc2)cc1. The van der Waals surface area contributed by atoms with Crippen molar-refractivity contribution in [1.29, 1.82) is 0 Å². The van der Waals surface area contributed by atoms with Crippen molar-refractivity contribution in [3.63, 3.8) is 0 Å². The predicted octanol–water partition coefficient (Wildman–Crippen LogP) is 26.6. The Labute approximate surface area is 685 Å². The van der Waals surface area contributed by atoms with Crippen LogP contribution in [0.25, 0.3) is 186 Å². The fourth-order valence-electron chi connectivity index (χ4n) is 14.8. The Balaban J connectivity index is 0.000000128. The van der Waals surface area contributed by atoms with Gasteiger partial charge >= 0.3 is 7.12 Å². The number of fused-ring (bicyclic) bond motifs is 8. The fourth-order valence-corrected chi connectivity index (χ4v) is 17.5. The minimum Gasteiger partial charge on any atom is -0.399 e. The van der Waals surface area contributed by atoms with E-state index in [-0.39, 0.29) is 0 Å². The molecule has 0 aliphatic carbocycles. The Morgan fingerprint density at radius 3 is 0.948 bits per heavy atom. The van der Waals surface area contributed by atoms with Crippen LogP contribution in [0.4, 0.5) is 0 Å². The molecular weight excluding hydrogens is 1480 g/mol. The highest BCUT2D eigenvalue weighted by atomic mass is 35.5. The second kappa shape index (κ2) is 31.2. The number of halogens is 1. The lowest BCUT2D eigenvalue weighted by atomic mass is 9.78. The maximum absolute atomic E-state index is 6.52. The van der Waals surface area contributed by atoms with Crippen LogP contribution in [0.3, 0.4) is 0 Å². The number of thiophene rings is 2. The number of hydrogen-bond donors (Lipinski definition) is 0. The van der Waals surface area contributed by atoms with Gasteiger partial charge in [-0.3, -0.25) is 0 Å². The van der Waals surface area contributed by atoms with E-state index in [1.165, 1.54) is 52.7 Å². The third-order valence-electron chi connectivity index (χ3n) is 21.7.